The SMILES string of the molecule is Cc1noc2nc(-c3cccs3)cc(C(=O)NC3CCN(C(=O)C(C)(C)C)CC3)c12. The summed E-state index contributed by atoms with van der Waals surface area (Å²) < 4.78 is 5.36. The van der Waals surface area contributed by atoms with Crippen molar-refractivity contribution in [3.05, 3.63) is 34.8 Å². The van der Waals surface area contributed by atoms with Crippen LogP contribution in [0.15, 0.2) is 28.1 Å². The zero-order valence-electron chi connectivity index (χ0n) is 17.7. The molecule has 1 N–H and O–H groups in total. The van der Waals surface area contributed by atoms with Crippen LogP contribution in [0, 0.1) is 12.3 Å². The molecular formula is C22H26N4O3S. The van der Waals surface area contributed by atoms with E-state index in [2.05, 4.69) is 15.5 Å². The minimum absolute atomic E-state index is 0.0232. The van der Waals surface area contributed by atoms with Crippen molar-refractivity contribution in [2.75, 3.05) is 13.1 Å². The van der Waals surface area contributed by atoms with Crippen LogP contribution in [0.2, 0.25) is 0 Å². The molecule has 0 unspecified atom stereocenters. The maximum Gasteiger partial charge on any atom is 0.259 e. The number of piperidine rings is 1. The van der Waals surface area contributed by atoms with Gasteiger partial charge in [0.1, 0.15) is 0 Å². The summed E-state index contributed by atoms with van der Waals surface area (Å²) in [6, 6.07) is 5.75. The topological polar surface area (TPSA) is 88.3 Å². The molecule has 4 heterocycles. The molecule has 30 heavy (non-hydrogen) atoms. The molecule has 3 aromatic heterocycles. The molecule has 8 heteroatoms. The van der Waals surface area contributed by atoms with E-state index in [1.54, 1.807) is 11.3 Å². The Hall–Kier alpha value is -2.74. The highest BCUT2D eigenvalue weighted by Crippen LogP contribution is 2.29. The van der Waals surface area contributed by atoms with Gasteiger partial charge < -0.3 is 14.7 Å². The lowest BCUT2D eigenvalue weighted by Gasteiger charge is -2.36. The Bertz CT molecular complexity index is 1070. The van der Waals surface area contributed by atoms with Crippen LogP contribution in [0.1, 0.15) is 49.7 Å². The quantitative estimate of drug-likeness (QED) is 0.683. The van der Waals surface area contributed by atoms with Crippen molar-refractivity contribution in [2.24, 2.45) is 5.41 Å². The zero-order valence-corrected chi connectivity index (χ0v) is 18.5. The van der Waals surface area contributed by atoms with Crippen molar-refractivity contribution in [1.82, 2.24) is 20.4 Å². The fourth-order valence-electron chi connectivity index (χ4n) is 3.79. The van der Waals surface area contributed by atoms with Crippen LogP contribution in [0.4, 0.5) is 0 Å². The van der Waals surface area contributed by atoms with Gasteiger partial charge in [-0.05, 0) is 37.3 Å². The smallest absolute Gasteiger partial charge is 0.259 e. The number of rotatable bonds is 3. The van der Waals surface area contributed by atoms with E-state index in [-0.39, 0.29) is 23.3 Å². The summed E-state index contributed by atoms with van der Waals surface area (Å²) in [4.78, 5) is 33.1. The van der Waals surface area contributed by atoms with Crippen molar-refractivity contribution < 1.29 is 14.1 Å². The number of nitrogens with zero attached hydrogens (tertiary/aromatic N) is 3. The Labute approximate surface area is 179 Å². The molecule has 0 atom stereocenters. The largest absolute Gasteiger partial charge is 0.349 e. The number of nitrogens with one attached hydrogen (secondary N) is 1. The van der Waals surface area contributed by atoms with Crippen LogP contribution in [0.5, 0.6) is 0 Å². The molecule has 0 aromatic carbocycles. The van der Waals surface area contributed by atoms with Gasteiger partial charge in [0.2, 0.25) is 5.91 Å². The first-order valence-electron chi connectivity index (χ1n) is 10.1. The van der Waals surface area contributed by atoms with E-state index in [9.17, 15) is 9.59 Å². The lowest BCUT2D eigenvalue weighted by molar-refractivity contribution is -0.140. The number of aryl methyl sites for hydroxylation is 1. The molecule has 0 radical (unpaired) electrons. The van der Waals surface area contributed by atoms with Gasteiger partial charge >= 0.3 is 0 Å². The van der Waals surface area contributed by atoms with Crippen LogP contribution in [-0.2, 0) is 4.79 Å². The Morgan fingerprint density at radius 3 is 2.63 bits per heavy atom. The third-order valence-corrected chi connectivity index (χ3v) is 6.29. The van der Waals surface area contributed by atoms with Gasteiger partial charge in [-0.3, -0.25) is 9.59 Å². The number of carbonyl (C=O) groups excluding carboxylic acids is 2. The number of likely N-dealkylation sites (tertiary alicyclic amines) is 1. The molecule has 0 spiro atoms. The molecule has 1 fully saturated rings. The highest BCUT2D eigenvalue weighted by Gasteiger charge is 2.31. The minimum atomic E-state index is -0.386. The molecule has 3 aromatic rings. The maximum atomic E-state index is 13.2. The van der Waals surface area contributed by atoms with E-state index in [1.165, 1.54) is 0 Å². The first-order chi connectivity index (χ1) is 14.2. The van der Waals surface area contributed by atoms with E-state index in [1.807, 2.05) is 56.2 Å². The van der Waals surface area contributed by atoms with Crippen molar-refractivity contribution in [3.8, 4) is 10.6 Å². The Balaban J connectivity index is 1.53. The van der Waals surface area contributed by atoms with Gasteiger partial charge in [0.05, 0.1) is 27.2 Å². The predicted molar refractivity (Wildman–Crippen MR) is 116 cm³/mol. The summed E-state index contributed by atoms with van der Waals surface area (Å²) in [5.74, 6) is -0.00379. The standard InChI is InChI=1S/C22H26N4O3S/c1-13-18-15(12-16(17-6-5-11-30-17)24-20(18)29-25-13)19(27)23-14-7-9-26(10-8-14)21(28)22(2,3)4/h5-6,11-12,14H,7-10H2,1-4H3,(H,23,27). The number of aromatic nitrogens is 2. The molecule has 1 aliphatic rings. The van der Waals surface area contributed by atoms with Gasteiger partial charge in [-0.2, -0.15) is 0 Å². The van der Waals surface area contributed by atoms with Crippen molar-refractivity contribution in [1.29, 1.82) is 0 Å². The second-order valence-corrected chi connectivity index (χ2v) is 9.72. The van der Waals surface area contributed by atoms with Crippen LogP contribution in [0.3, 0.4) is 0 Å². The number of fused-ring (bicyclic) bond motifs is 1. The van der Waals surface area contributed by atoms with Crippen LogP contribution < -0.4 is 5.32 Å². The van der Waals surface area contributed by atoms with Gasteiger partial charge in [0.15, 0.2) is 0 Å². The molecule has 2 amide bonds. The Morgan fingerprint density at radius 1 is 1.27 bits per heavy atom. The number of thiophene rings is 1. The Kier molecular flexibility index (Phi) is 5.36. The first kappa shape index (κ1) is 20.5. The van der Waals surface area contributed by atoms with Crippen molar-refractivity contribution in [2.45, 2.75) is 46.6 Å². The van der Waals surface area contributed by atoms with Crippen LogP contribution >= 0.6 is 11.3 Å². The lowest BCUT2D eigenvalue weighted by Crippen LogP contribution is -2.49. The van der Waals surface area contributed by atoms with E-state index < -0.39 is 0 Å². The monoisotopic (exact) mass is 426 g/mol. The summed E-state index contributed by atoms with van der Waals surface area (Å²) >= 11 is 1.56. The third-order valence-electron chi connectivity index (χ3n) is 5.39. The molecule has 7 nitrogen and oxygen atoms in total. The Morgan fingerprint density at radius 2 is 2.00 bits per heavy atom. The third kappa shape index (κ3) is 3.96. The van der Waals surface area contributed by atoms with Gasteiger partial charge in [-0.15, -0.1) is 11.3 Å². The van der Waals surface area contributed by atoms with E-state index in [0.29, 0.717) is 41.1 Å². The molecule has 1 saturated heterocycles. The molecule has 0 aliphatic carbocycles. The second kappa shape index (κ2) is 7.83. The summed E-state index contributed by atoms with van der Waals surface area (Å²) in [5.41, 5.74) is 1.85. The van der Waals surface area contributed by atoms with Gasteiger partial charge in [0, 0.05) is 24.5 Å². The average Bonchev–Trinajstić information content (AvgIpc) is 3.37. The van der Waals surface area contributed by atoms with Crippen molar-refractivity contribution >= 4 is 34.3 Å². The van der Waals surface area contributed by atoms with Gasteiger partial charge in [0.25, 0.3) is 11.6 Å². The van der Waals surface area contributed by atoms with Gasteiger partial charge in [-0.25, -0.2) is 4.98 Å². The van der Waals surface area contributed by atoms with Crippen LogP contribution in [-0.4, -0.2) is 46.0 Å². The number of hydrogen-bond acceptors (Lipinski definition) is 6. The fraction of sp³-hybridized carbons (Fsp3) is 0.455. The van der Waals surface area contributed by atoms with Gasteiger partial charge in [-0.1, -0.05) is 32.0 Å². The summed E-state index contributed by atoms with van der Waals surface area (Å²) in [6.45, 7) is 8.92. The number of carbonyl (C=O) groups is 2. The predicted octanol–water partition coefficient (Wildman–Crippen LogP) is 4.03. The molecule has 158 valence electrons. The average molecular weight is 427 g/mol. The lowest BCUT2D eigenvalue weighted by atomic mass is 9.93. The molecule has 4 rings (SSSR count). The molecule has 0 saturated carbocycles. The van der Waals surface area contributed by atoms with Crippen LogP contribution in [0.25, 0.3) is 21.7 Å². The molecular weight excluding hydrogens is 400 g/mol. The molecule has 0 bridgehead atoms. The van der Waals surface area contributed by atoms with E-state index >= 15 is 0 Å². The normalized spacial score (nSPS) is 15.5. The highest BCUT2D eigenvalue weighted by molar-refractivity contribution is 7.13. The molecule has 1 aliphatic heterocycles. The number of hydrogen-bond donors (Lipinski definition) is 1. The summed E-state index contributed by atoms with van der Waals surface area (Å²) in [6.07, 6.45) is 1.48. The number of amides is 2. The first-order valence-corrected chi connectivity index (χ1v) is 11.0. The summed E-state index contributed by atoms with van der Waals surface area (Å²) in [7, 11) is 0. The zero-order chi connectivity index (χ0) is 21.5. The summed E-state index contributed by atoms with van der Waals surface area (Å²) in [5, 5.41) is 9.76. The van der Waals surface area contributed by atoms with E-state index in [0.717, 1.165) is 17.7 Å². The fourth-order valence-corrected chi connectivity index (χ4v) is 4.47. The number of pyridine rings is 1. The van der Waals surface area contributed by atoms with Crippen molar-refractivity contribution in [3.63, 3.8) is 0 Å². The maximum absolute atomic E-state index is 13.2. The van der Waals surface area contributed by atoms with E-state index in [4.69, 9.17) is 4.52 Å². The highest BCUT2D eigenvalue weighted by atomic mass is 32.1. The minimum Gasteiger partial charge on any atom is -0.349 e. The second-order valence-electron chi connectivity index (χ2n) is 8.77.